The van der Waals surface area contributed by atoms with Gasteiger partial charge in [-0.3, -0.25) is 14.8 Å². The predicted octanol–water partition coefficient (Wildman–Crippen LogP) is 12.4. The van der Waals surface area contributed by atoms with Gasteiger partial charge in [0.15, 0.2) is 0 Å². The molecule has 9 nitrogen and oxygen atoms in total. The monoisotopic (exact) mass is 1080 g/mol. The largest absolute Gasteiger partial charge is 0.489 e. The van der Waals surface area contributed by atoms with Crippen LogP contribution in [0.4, 0.5) is 65.4 Å². The van der Waals surface area contributed by atoms with Crippen LogP contribution in [0, 0.1) is 11.6 Å². The van der Waals surface area contributed by atoms with Crippen molar-refractivity contribution in [2.24, 2.45) is 0 Å². The molecule has 4 aromatic carbocycles. The fraction of sp³-hybridized carbons (Fsp3) is 0.0698. The van der Waals surface area contributed by atoms with E-state index in [-0.39, 0.29) is 43.0 Å². The van der Waals surface area contributed by atoms with Crippen molar-refractivity contribution in [1.82, 2.24) is 15.0 Å². The van der Waals surface area contributed by atoms with Crippen molar-refractivity contribution in [2.45, 2.75) is 18.5 Å². The number of pyridine rings is 3. The molecule has 0 bridgehead atoms. The van der Waals surface area contributed by atoms with Crippen molar-refractivity contribution in [1.29, 1.82) is 0 Å². The fourth-order valence-electron chi connectivity index (χ4n) is 5.20. The number of nitrogens with two attached hydrogens (primary N) is 2. The maximum atomic E-state index is 13.6. The van der Waals surface area contributed by atoms with E-state index in [0.29, 0.717) is 23.1 Å². The molecule has 0 aliphatic carbocycles. The van der Waals surface area contributed by atoms with Crippen molar-refractivity contribution in [3.63, 3.8) is 0 Å². The highest BCUT2D eigenvalue weighted by Crippen LogP contribution is 2.37. The lowest BCUT2D eigenvalue weighted by molar-refractivity contribution is -0.138. The number of nitrogens with zero attached hydrogens (tertiary/aromatic N) is 3. The van der Waals surface area contributed by atoms with Crippen molar-refractivity contribution in [3.8, 4) is 22.5 Å². The number of carbonyl (C=O) groups is 1. The summed E-state index contributed by atoms with van der Waals surface area (Å²) in [5, 5.41) is 19.8. The summed E-state index contributed by atoms with van der Waals surface area (Å²) in [4.78, 5) is 23.9. The summed E-state index contributed by atoms with van der Waals surface area (Å²) in [7, 11) is -2.01. The third kappa shape index (κ3) is 15.8. The van der Waals surface area contributed by atoms with Crippen LogP contribution in [0.5, 0.6) is 0 Å². The van der Waals surface area contributed by atoms with E-state index < -0.39 is 65.4 Å². The number of nitrogens with one attached hydrogen (secondary N) is 1. The SMILES string of the molecule is Nc1ccc(-c2cc(C(F)(F)F)ccc2Cl)nc1.Nc1ccc(Br)nc1.O=C(Nc1ccc(-c2cc(C(F)(F)F)ccc2Cl)nc1)c1c(F)cccc1F.OB(O)c1cc(C(F)(F)F)ccc1Cl. The highest BCUT2D eigenvalue weighted by molar-refractivity contribution is 9.10. The molecule has 0 radical (unpaired) electrons. The molecule has 0 unspecified atom stereocenters. The maximum Gasteiger partial charge on any atom is 0.489 e. The number of anilines is 3. The Morgan fingerprint density at radius 1 is 0.574 bits per heavy atom. The Balaban J connectivity index is 0.000000216. The van der Waals surface area contributed by atoms with E-state index >= 15 is 0 Å². The molecule has 25 heteroatoms. The number of hydrogen-bond acceptors (Lipinski definition) is 8. The molecule has 7 N–H and O–H groups in total. The minimum Gasteiger partial charge on any atom is -0.423 e. The third-order valence-electron chi connectivity index (χ3n) is 8.49. The van der Waals surface area contributed by atoms with E-state index in [0.717, 1.165) is 71.5 Å². The Morgan fingerprint density at radius 2 is 1.00 bits per heavy atom. The Hall–Kier alpha value is -6.04. The topological polar surface area (TPSA) is 160 Å². The van der Waals surface area contributed by atoms with Gasteiger partial charge >= 0.3 is 25.6 Å². The van der Waals surface area contributed by atoms with Crippen LogP contribution < -0.4 is 22.2 Å². The lowest BCUT2D eigenvalue weighted by atomic mass is 9.79. The average molecular weight is 1080 g/mol. The number of nitrogen functional groups attached to an aromatic ring is 2. The lowest BCUT2D eigenvalue weighted by Gasteiger charge is -2.11. The summed E-state index contributed by atoms with van der Waals surface area (Å²) in [6.07, 6.45) is -9.36. The summed E-state index contributed by atoms with van der Waals surface area (Å²) in [5.74, 6) is -3.09. The zero-order chi connectivity index (χ0) is 50.7. The molecule has 0 saturated heterocycles. The Kier molecular flexibility index (Phi) is 18.7. The number of carbonyl (C=O) groups excluding carboxylic acids is 1. The summed E-state index contributed by atoms with van der Waals surface area (Å²) in [5.41, 5.74) is 9.05. The molecular weight excluding hydrogens is 1050 g/mol. The number of rotatable bonds is 5. The van der Waals surface area contributed by atoms with Crippen LogP contribution in [-0.4, -0.2) is 38.0 Å². The number of hydrogen-bond donors (Lipinski definition) is 5. The van der Waals surface area contributed by atoms with Gasteiger partial charge in [-0.25, -0.2) is 13.8 Å². The Labute approximate surface area is 401 Å². The zero-order valence-electron chi connectivity index (χ0n) is 33.7. The predicted molar refractivity (Wildman–Crippen MR) is 241 cm³/mol. The molecular formula is C43H28BBrCl3F11N6O3. The Bertz CT molecular complexity index is 2790. The number of benzene rings is 4. The number of alkyl halides is 9. The van der Waals surface area contributed by atoms with Crippen molar-refractivity contribution >= 4 is 86.3 Å². The second-order valence-electron chi connectivity index (χ2n) is 13.4. The van der Waals surface area contributed by atoms with Gasteiger partial charge in [0.1, 0.15) is 21.8 Å². The standard InChI is InChI=1S/C19H10ClF5N2O.C12H8ClF3N2.C7H5BClF3O2.C5H5BrN2/c20-13-6-4-10(19(23,24)25)8-12(13)16-7-5-11(9-26-16)27-18(28)17-14(21)2-1-3-15(17)22;13-10-3-1-7(12(14,15)16)5-9(10)11-4-2-8(17)6-18-11;9-6-2-1-4(7(10,11)12)3-5(6)8(13)14;6-5-2-1-4(7)3-8-5/h1-9H,(H,27,28);1-6H,17H2;1-3,13-14H;1-3H,7H2. The first-order valence-electron chi connectivity index (χ1n) is 18.4. The summed E-state index contributed by atoms with van der Waals surface area (Å²) in [6.45, 7) is 0. The van der Waals surface area contributed by atoms with Crippen LogP contribution in [0.1, 0.15) is 27.0 Å². The number of aromatic nitrogens is 3. The first-order chi connectivity index (χ1) is 31.6. The van der Waals surface area contributed by atoms with Crippen molar-refractivity contribution in [3.05, 3.63) is 181 Å². The molecule has 0 fully saturated rings. The molecule has 0 aliphatic heterocycles. The molecule has 68 heavy (non-hydrogen) atoms. The van der Waals surface area contributed by atoms with Crippen LogP contribution in [0.25, 0.3) is 22.5 Å². The van der Waals surface area contributed by atoms with Gasteiger partial charge in [0.2, 0.25) is 0 Å². The van der Waals surface area contributed by atoms with Gasteiger partial charge in [-0.2, -0.15) is 39.5 Å². The minimum atomic E-state index is -4.54. The fourth-order valence-corrected chi connectivity index (χ4v) is 6.08. The summed E-state index contributed by atoms with van der Waals surface area (Å²) < 4.78 is 141. The van der Waals surface area contributed by atoms with Crippen LogP contribution >= 0.6 is 50.7 Å². The molecule has 1 amide bonds. The molecule has 3 aromatic heterocycles. The quantitative estimate of drug-likeness (QED) is 0.0647. The molecule has 0 aliphatic rings. The molecule has 0 spiro atoms. The van der Waals surface area contributed by atoms with Crippen LogP contribution in [-0.2, 0) is 18.5 Å². The highest BCUT2D eigenvalue weighted by Gasteiger charge is 2.33. The first-order valence-corrected chi connectivity index (χ1v) is 20.3. The molecule has 0 saturated carbocycles. The maximum absolute atomic E-state index is 13.6. The van der Waals surface area contributed by atoms with E-state index in [1.54, 1.807) is 24.4 Å². The van der Waals surface area contributed by atoms with Crippen LogP contribution in [0.3, 0.4) is 0 Å². The van der Waals surface area contributed by atoms with Gasteiger partial charge in [-0.1, -0.05) is 40.9 Å². The third-order valence-corrected chi connectivity index (χ3v) is 9.96. The highest BCUT2D eigenvalue weighted by atomic mass is 79.9. The smallest absolute Gasteiger partial charge is 0.423 e. The number of halogens is 15. The zero-order valence-corrected chi connectivity index (χ0v) is 37.5. The van der Waals surface area contributed by atoms with E-state index in [4.69, 9.17) is 56.3 Å². The van der Waals surface area contributed by atoms with Gasteiger partial charge in [0.05, 0.1) is 63.7 Å². The van der Waals surface area contributed by atoms with Crippen molar-refractivity contribution < 1.29 is 63.1 Å². The molecule has 7 aromatic rings. The summed E-state index contributed by atoms with van der Waals surface area (Å²) >= 11 is 20.5. The van der Waals surface area contributed by atoms with Gasteiger partial charge in [0.25, 0.3) is 5.91 Å². The molecule has 7 rings (SSSR count). The number of amides is 1. The Morgan fingerprint density at radius 3 is 1.38 bits per heavy atom. The van der Waals surface area contributed by atoms with Gasteiger partial charge in [-0.15, -0.1) is 0 Å². The van der Waals surface area contributed by atoms with E-state index in [1.807, 2.05) is 0 Å². The average Bonchev–Trinajstić information content (AvgIpc) is 3.25. The van der Waals surface area contributed by atoms with E-state index in [9.17, 15) is 53.1 Å². The summed E-state index contributed by atoms with van der Waals surface area (Å²) in [6, 6.07) is 20.6. The van der Waals surface area contributed by atoms with Crippen LogP contribution in [0.15, 0.2) is 132 Å². The van der Waals surface area contributed by atoms with Gasteiger partial charge < -0.3 is 26.8 Å². The molecule has 3 heterocycles. The second kappa shape index (κ2) is 23.3. The van der Waals surface area contributed by atoms with E-state index in [2.05, 4.69) is 36.2 Å². The molecule has 0 atom stereocenters. The van der Waals surface area contributed by atoms with Crippen LogP contribution in [0.2, 0.25) is 15.1 Å². The normalized spacial score (nSPS) is 11.2. The second-order valence-corrected chi connectivity index (χ2v) is 15.4. The minimum absolute atomic E-state index is 0.0505. The van der Waals surface area contributed by atoms with E-state index in [1.165, 1.54) is 30.5 Å². The van der Waals surface area contributed by atoms with Gasteiger partial charge in [-0.05, 0) is 119 Å². The van der Waals surface area contributed by atoms with Crippen molar-refractivity contribution in [2.75, 3.05) is 16.8 Å². The lowest BCUT2D eigenvalue weighted by Crippen LogP contribution is -2.31. The molecule has 356 valence electrons. The first kappa shape index (κ1) is 54.6. The van der Waals surface area contributed by atoms with Gasteiger partial charge in [0, 0.05) is 31.7 Å².